The second kappa shape index (κ2) is 3.69. The van der Waals surface area contributed by atoms with Crippen LogP contribution >= 0.6 is 0 Å². The van der Waals surface area contributed by atoms with Crippen LogP contribution in [0.1, 0.15) is 11.7 Å². The Bertz CT molecular complexity index is 515. The Hall–Kier alpha value is -1.90. The first-order chi connectivity index (χ1) is 7.24. The van der Waals surface area contributed by atoms with Gasteiger partial charge in [-0.05, 0) is 0 Å². The van der Waals surface area contributed by atoms with Crippen molar-refractivity contribution in [3.05, 3.63) is 30.0 Å². The molecule has 5 heteroatoms. The predicted octanol–water partition coefficient (Wildman–Crippen LogP) is 0.481. The Morgan fingerprint density at radius 2 is 2.20 bits per heavy atom. The molecule has 0 bridgehead atoms. The summed E-state index contributed by atoms with van der Waals surface area (Å²) in [6.07, 6.45) is -1.04. The second-order valence-corrected chi connectivity index (χ2v) is 3.20. The molecule has 0 saturated heterocycles. The molecule has 15 heavy (non-hydrogen) atoms. The monoisotopic (exact) mass is 203 g/mol. The van der Waals surface area contributed by atoms with Crippen molar-refractivity contribution in [3.8, 4) is 6.07 Å². The predicted molar refractivity (Wildman–Crippen MR) is 52.7 cm³/mol. The summed E-state index contributed by atoms with van der Waals surface area (Å²) in [4.78, 5) is 0. The number of nitriles is 1. The number of aromatic nitrogens is 2. The van der Waals surface area contributed by atoms with Gasteiger partial charge in [-0.15, -0.1) is 0 Å². The third-order valence-electron chi connectivity index (χ3n) is 2.26. The van der Waals surface area contributed by atoms with Gasteiger partial charge in [-0.25, -0.2) is 0 Å². The number of aliphatic hydroxyl groups excluding tert-OH is 2. The molecule has 2 rings (SSSR count). The van der Waals surface area contributed by atoms with Crippen LogP contribution in [0.5, 0.6) is 0 Å². The lowest BCUT2D eigenvalue weighted by Gasteiger charge is -2.12. The molecule has 0 aliphatic heterocycles. The summed E-state index contributed by atoms with van der Waals surface area (Å²) in [6, 6.07) is 6.80. The van der Waals surface area contributed by atoms with Crippen molar-refractivity contribution in [2.45, 2.75) is 12.2 Å². The Morgan fingerprint density at radius 3 is 2.93 bits per heavy atom. The maximum absolute atomic E-state index is 9.69. The van der Waals surface area contributed by atoms with Gasteiger partial charge >= 0.3 is 0 Å². The topological polar surface area (TPSA) is 92.9 Å². The molecule has 2 atom stereocenters. The number of aromatic amines is 1. The highest BCUT2D eigenvalue weighted by Crippen LogP contribution is 2.24. The number of para-hydroxylation sites is 1. The Labute approximate surface area is 85.6 Å². The van der Waals surface area contributed by atoms with E-state index in [9.17, 15) is 10.2 Å². The van der Waals surface area contributed by atoms with E-state index in [4.69, 9.17) is 5.26 Å². The van der Waals surface area contributed by atoms with Crippen molar-refractivity contribution >= 4 is 10.9 Å². The quantitative estimate of drug-likeness (QED) is 0.619. The normalized spacial score (nSPS) is 14.7. The molecule has 1 heterocycles. The molecule has 0 amide bonds. The van der Waals surface area contributed by atoms with Gasteiger partial charge in [0, 0.05) is 10.9 Å². The second-order valence-electron chi connectivity index (χ2n) is 3.20. The molecule has 2 aromatic rings. The minimum Gasteiger partial charge on any atom is -0.384 e. The van der Waals surface area contributed by atoms with E-state index in [1.54, 1.807) is 24.4 Å². The first-order valence-electron chi connectivity index (χ1n) is 4.42. The van der Waals surface area contributed by atoms with E-state index in [0.29, 0.717) is 11.1 Å². The number of H-pyrrole nitrogens is 1. The minimum atomic E-state index is -1.43. The zero-order valence-corrected chi connectivity index (χ0v) is 7.75. The largest absolute Gasteiger partial charge is 0.384 e. The van der Waals surface area contributed by atoms with Crippen molar-refractivity contribution in [3.63, 3.8) is 0 Å². The number of rotatable bonds is 2. The zero-order chi connectivity index (χ0) is 10.8. The van der Waals surface area contributed by atoms with Gasteiger partial charge < -0.3 is 10.2 Å². The fraction of sp³-hybridized carbons (Fsp3) is 0.200. The van der Waals surface area contributed by atoms with E-state index in [1.165, 1.54) is 0 Å². The standard InChI is InChI=1S/C10H9N3O2/c11-4-8(14)10(15)7-3-1-2-6-5-12-13-9(6)7/h1-3,5,8,10,14-15H,(H,12,13). The third-order valence-corrected chi connectivity index (χ3v) is 2.26. The van der Waals surface area contributed by atoms with Gasteiger partial charge in [0.1, 0.15) is 6.10 Å². The first kappa shape index (κ1) is 9.65. The van der Waals surface area contributed by atoms with E-state index in [1.807, 2.05) is 6.07 Å². The number of nitrogens with one attached hydrogen (secondary N) is 1. The minimum absolute atomic E-state index is 0.471. The maximum atomic E-state index is 9.69. The molecular weight excluding hydrogens is 194 g/mol. The molecule has 2 unspecified atom stereocenters. The summed E-state index contributed by atoms with van der Waals surface area (Å²) in [6.45, 7) is 0. The van der Waals surface area contributed by atoms with Crippen LogP contribution in [0.25, 0.3) is 10.9 Å². The van der Waals surface area contributed by atoms with Crippen LogP contribution in [-0.4, -0.2) is 26.5 Å². The van der Waals surface area contributed by atoms with E-state index in [-0.39, 0.29) is 0 Å². The smallest absolute Gasteiger partial charge is 0.170 e. The number of fused-ring (bicyclic) bond motifs is 1. The van der Waals surface area contributed by atoms with Crippen molar-refractivity contribution in [1.82, 2.24) is 10.2 Å². The molecule has 1 aromatic carbocycles. The molecule has 3 N–H and O–H groups in total. The number of hydrogen-bond acceptors (Lipinski definition) is 4. The number of benzene rings is 1. The van der Waals surface area contributed by atoms with Crippen LogP contribution in [0.3, 0.4) is 0 Å². The molecule has 0 spiro atoms. The molecule has 0 saturated carbocycles. The van der Waals surface area contributed by atoms with Gasteiger partial charge in [0.05, 0.1) is 17.8 Å². The zero-order valence-electron chi connectivity index (χ0n) is 7.75. The lowest BCUT2D eigenvalue weighted by atomic mass is 10.0. The third kappa shape index (κ3) is 1.56. The number of hydrogen-bond donors (Lipinski definition) is 3. The highest BCUT2D eigenvalue weighted by atomic mass is 16.3. The molecule has 76 valence electrons. The van der Waals surface area contributed by atoms with E-state index < -0.39 is 12.2 Å². The molecule has 5 nitrogen and oxygen atoms in total. The average Bonchev–Trinajstić information content (AvgIpc) is 2.74. The van der Waals surface area contributed by atoms with Gasteiger partial charge in [-0.3, -0.25) is 5.10 Å². The summed E-state index contributed by atoms with van der Waals surface area (Å²) in [7, 11) is 0. The summed E-state index contributed by atoms with van der Waals surface area (Å²) in [5.41, 5.74) is 1.11. The SMILES string of the molecule is N#CC(O)C(O)c1cccc2cn[nH]c12. The lowest BCUT2D eigenvalue weighted by molar-refractivity contribution is 0.0536. The van der Waals surface area contributed by atoms with Crippen LogP contribution in [-0.2, 0) is 0 Å². The first-order valence-corrected chi connectivity index (χ1v) is 4.42. The Morgan fingerprint density at radius 1 is 1.40 bits per heavy atom. The summed E-state index contributed by atoms with van der Waals surface area (Å²) >= 11 is 0. The summed E-state index contributed by atoms with van der Waals surface area (Å²) < 4.78 is 0. The van der Waals surface area contributed by atoms with Crippen LogP contribution in [0.15, 0.2) is 24.4 Å². The van der Waals surface area contributed by atoms with Crippen LogP contribution < -0.4 is 0 Å². The van der Waals surface area contributed by atoms with Crippen LogP contribution in [0.4, 0.5) is 0 Å². The lowest BCUT2D eigenvalue weighted by Crippen LogP contribution is -2.16. The maximum Gasteiger partial charge on any atom is 0.170 e. The van der Waals surface area contributed by atoms with Gasteiger partial charge in [-0.2, -0.15) is 10.4 Å². The van der Waals surface area contributed by atoms with Crippen molar-refractivity contribution in [2.24, 2.45) is 0 Å². The fourth-order valence-electron chi connectivity index (χ4n) is 1.48. The van der Waals surface area contributed by atoms with Gasteiger partial charge in [0.25, 0.3) is 0 Å². The molecular formula is C10H9N3O2. The van der Waals surface area contributed by atoms with Gasteiger partial charge in [-0.1, -0.05) is 18.2 Å². The summed E-state index contributed by atoms with van der Waals surface area (Å²) in [5.74, 6) is 0. The van der Waals surface area contributed by atoms with E-state index in [2.05, 4.69) is 10.2 Å². The number of nitrogens with zero attached hydrogens (tertiary/aromatic N) is 2. The Balaban J connectivity index is 2.52. The number of aliphatic hydroxyl groups is 2. The van der Waals surface area contributed by atoms with Crippen molar-refractivity contribution < 1.29 is 10.2 Å². The molecule has 0 aliphatic rings. The van der Waals surface area contributed by atoms with E-state index in [0.717, 1.165) is 5.39 Å². The van der Waals surface area contributed by atoms with Crippen molar-refractivity contribution in [2.75, 3.05) is 0 Å². The van der Waals surface area contributed by atoms with Crippen molar-refractivity contribution in [1.29, 1.82) is 5.26 Å². The molecule has 0 fully saturated rings. The van der Waals surface area contributed by atoms with Gasteiger partial charge in [0.15, 0.2) is 6.10 Å². The van der Waals surface area contributed by atoms with Crippen LogP contribution in [0.2, 0.25) is 0 Å². The summed E-state index contributed by atoms with van der Waals surface area (Å²) in [5, 5.41) is 34.8. The highest BCUT2D eigenvalue weighted by Gasteiger charge is 2.20. The molecule has 0 radical (unpaired) electrons. The Kier molecular flexibility index (Phi) is 2.37. The molecule has 0 aliphatic carbocycles. The molecule has 1 aromatic heterocycles. The van der Waals surface area contributed by atoms with Crippen LogP contribution in [0, 0.1) is 11.3 Å². The van der Waals surface area contributed by atoms with E-state index >= 15 is 0 Å². The average molecular weight is 203 g/mol. The fourth-order valence-corrected chi connectivity index (χ4v) is 1.48. The van der Waals surface area contributed by atoms with Gasteiger partial charge in [0.2, 0.25) is 0 Å². The highest BCUT2D eigenvalue weighted by molar-refractivity contribution is 5.81.